The van der Waals surface area contributed by atoms with E-state index in [1.807, 2.05) is 0 Å². The van der Waals surface area contributed by atoms with E-state index in [9.17, 15) is 19.7 Å². The number of ketones is 1. The van der Waals surface area contributed by atoms with E-state index in [0.29, 0.717) is 12.0 Å². The van der Waals surface area contributed by atoms with Crippen molar-refractivity contribution >= 4 is 17.4 Å². The third kappa shape index (κ3) is 1.85. The second kappa shape index (κ2) is 4.21. The molecule has 6 heteroatoms. The number of benzene rings is 1. The average Bonchev–Trinajstić information content (AvgIpc) is 2.65. The molecule has 2 atom stereocenters. The van der Waals surface area contributed by atoms with Gasteiger partial charge in [-0.05, 0) is 12.0 Å². The molecule has 0 aliphatic heterocycles. The van der Waals surface area contributed by atoms with Gasteiger partial charge in [0.15, 0.2) is 5.78 Å². The lowest BCUT2D eigenvalue weighted by Gasteiger charge is -2.12. The Balaban J connectivity index is 2.37. The zero-order valence-corrected chi connectivity index (χ0v) is 9.62. The van der Waals surface area contributed by atoms with E-state index in [1.54, 1.807) is 0 Å². The van der Waals surface area contributed by atoms with E-state index in [4.69, 9.17) is 5.11 Å². The van der Waals surface area contributed by atoms with Gasteiger partial charge in [-0.2, -0.15) is 0 Å². The lowest BCUT2D eigenvalue weighted by Crippen LogP contribution is -2.25. The van der Waals surface area contributed by atoms with Crippen LogP contribution < -0.4 is 0 Å². The Bertz CT molecular complexity index is 551. The molecular formula is C12H11NO5. The number of hydrogen-bond donors (Lipinski definition) is 1. The zero-order chi connectivity index (χ0) is 13.4. The molecule has 1 aliphatic rings. The summed E-state index contributed by atoms with van der Waals surface area (Å²) < 4.78 is 0. The van der Waals surface area contributed by atoms with Crippen molar-refractivity contribution in [1.82, 2.24) is 0 Å². The summed E-state index contributed by atoms with van der Waals surface area (Å²) in [6, 6.07) is 4.09. The lowest BCUT2D eigenvalue weighted by molar-refractivity contribution is -0.384. The summed E-state index contributed by atoms with van der Waals surface area (Å²) >= 11 is 0. The van der Waals surface area contributed by atoms with E-state index >= 15 is 0 Å². The van der Waals surface area contributed by atoms with E-state index in [0.717, 1.165) is 0 Å². The number of carboxylic acids is 1. The number of Topliss-reactive ketones (excluding diaryl/α,β-unsaturated/α-hetero) is 1. The Kier molecular flexibility index (Phi) is 2.86. The molecule has 0 heterocycles. The Morgan fingerprint density at radius 1 is 1.56 bits per heavy atom. The monoisotopic (exact) mass is 249 g/mol. The molecule has 1 aromatic rings. The van der Waals surface area contributed by atoms with Gasteiger partial charge < -0.3 is 5.11 Å². The number of nitro benzene ring substituents is 1. The molecule has 0 radical (unpaired) electrons. The van der Waals surface area contributed by atoms with Crippen molar-refractivity contribution in [3.63, 3.8) is 0 Å². The van der Waals surface area contributed by atoms with Crippen LogP contribution in [0.2, 0.25) is 0 Å². The van der Waals surface area contributed by atoms with Gasteiger partial charge in [0.25, 0.3) is 5.69 Å². The van der Waals surface area contributed by atoms with Crippen LogP contribution in [0.4, 0.5) is 5.69 Å². The number of non-ortho nitro benzene ring substituents is 1. The summed E-state index contributed by atoms with van der Waals surface area (Å²) in [4.78, 5) is 33.0. The van der Waals surface area contributed by atoms with Crippen LogP contribution in [0.15, 0.2) is 18.2 Å². The normalized spacial score (nSPS) is 19.4. The van der Waals surface area contributed by atoms with Crippen LogP contribution in [0, 0.1) is 22.0 Å². The summed E-state index contributed by atoms with van der Waals surface area (Å²) in [6.45, 7) is 1.48. The summed E-state index contributed by atoms with van der Waals surface area (Å²) in [7, 11) is 0. The summed E-state index contributed by atoms with van der Waals surface area (Å²) in [5, 5.41) is 19.6. The van der Waals surface area contributed by atoms with Crippen LogP contribution in [0.5, 0.6) is 0 Å². The number of carbonyl (C=O) groups excluding carboxylic acids is 1. The lowest BCUT2D eigenvalue weighted by atomic mass is 9.90. The van der Waals surface area contributed by atoms with Gasteiger partial charge in [0.05, 0.1) is 10.8 Å². The van der Waals surface area contributed by atoms with E-state index in [-0.39, 0.29) is 17.0 Å². The first-order valence-corrected chi connectivity index (χ1v) is 5.46. The molecule has 0 bridgehead atoms. The third-order valence-electron chi connectivity index (χ3n) is 3.34. The van der Waals surface area contributed by atoms with Gasteiger partial charge in [0.2, 0.25) is 0 Å². The van der Waals surface area contributed by atoms with Crippen molar-refractivity contribution in [3.8, 4) is 0 Å². The summed E-state index contributed by atoms with van der Waals surface area (Å²) in [6.07, 6.45) is 0.333. The van der Waals surface area contributed by atoms with E-state index in [1.165, 1.54) is 25.1 Å². The molecule has 0 amide bonds. The fourth-order valence-electron chi connectivity index (χ4n) is 2.19. The van der Waals surface area contributed by atoms with Crippen molar-refractivity contribution in [3.05, 3.63) is 39.4 Å². The van der Waals surface area contributed by atoms with Crippen LogP contribution in [0.3, 0.4) is 0 Å². The van der Waals surface area contributed by atoms with Crippen molar-refractivity contribution in [2.45, 2.75) is 13.3 Å². The number of hydrogen-bond acceptors (Lipinski definition) is 4. The second-order valence-electron chi connectivity index (χ2n) is 4.40. The number of carbonyl (C=O) groups is 2. The number of nitrogens with zero attached hydrogens (tertiary/aromatic N) is 1. The Labute approximate surface area is 102 Å². The van der Waals surface area contributed by atoms with Gasteiger partial charge in [-0.25, -0.2) is 0 Å². The molecule has 1 aromatic carbocycles. The summed E-state index contributed by atoms with van der Waals surface area (Å²) in [5.74, 6) is -2.76. The minimum absolute atomic E-state index is 0.147. The highest BCUT2D eigenvalue weighted by Crippen LogP contribution is 2.33. The fraction of sp³-hybridized carbons (Fsp3) is 0.333. The van der Waals surface area contributed by atoms with Crippen LogP contribution in [0.1, 0.15) is 22.8 Å². The van der Waals surface area contributed by atoms with Gasteiger partial charge >= 0.3 is 5.97 Å². The average molecular weight is 249 g/mol. The highest BCUT2D eigenvalue weighted by atomic mass is 16.6. The van der Waals surface area contributed by atoms with Crippen molar-refractivity contribution in [1.29, 1.82) is 0 Å². The van der Waals surface area contributed by atoms with Gasteiger partial charge in [-0.1, -0.05) is 13.0 Å². The van der Waals surface area contributed by atoms with Crippen molar-refractivity contribution in [2.75, 3.05) is 0 Å². The number of carboxylic acid groups (broad SMARTS) is 1. The first-order valence-electron chi connectivity index (χ1n) is 5.46. The molecule has 6 nitrogen and oxygen atoms in total. The molecule has 2 unspecified atom stereocenters. The molecule has 0 saturated heterocycles. The predicted octanol–water partition coefficient (Wildman–Crippen LogP) is 1.67. The number of rotatable bonds is 3. The first-order chi connectivity index (χ1) is 8.41. The Morgan fingerprint density at radius 3 is 2.78 bits per heavy atom. The largest absolute Gasteiger partial charge is 0.481 e. The van der Waals surface area contributed by atoms with E-state index < -0.39 is 22.7 Å². The molecule has 0 spiro atoms. The molecule has 1 aliphatic carbocycles. The zero-order valence-electron chi connectivity index (χ0n) is 9.62. The standard InChI is InChI=1S/C12H11NO5/c1-6(12(15)16)9-4-7-2-3-8(13(17)18)5-10(7)11(9)14/h2-3,5-6,9H,4H2,1H3,(H,15,16). The maximum Gasteiger partial charge on any atom is 0.306 e. The van der Waals surface area contributed by atoms with Gasteiger partial charge in [0, 0.05) is 23.6 Å². The molecule has 0 fully saturated rings. The predicted molar refractivity (Wildman–Crippen MR) is 61.4 cm³/mol. The van der Waals surface area contributed by atoms with Crippen LogP contribution in [-0.4, -0.2) is 21.8 Å². The van der Waals surface area contributed by atoms with Crippen LogP contribution in [-0.2, 0) is 11.2 Å². The van der Waals surface area contributed by atoms with E-state index in [2.05, 4.69) is 0 Å². The fourth-order valence-corrected chi connectivity index (χ4v) is 2.19. The first kappa shape index (κ1) is 12.2. The quantitative estimate of drug-likeness (QED) is 0.649. The topological polar surface area (TPSA) is 97.5 Å². The minimum atomic E-state index is -1.03. The maximum atomic E-state index is 12.0. The smallest absolute Gasteiger partial charge is 0.306 e. The van der Waals surface area contributed by atoms with Crippen molar-refractivity contribution < 1.29 is 19.6 Å². The minimum Gasteiger partial charge on any atom is -0.481 e. The number of fused-ring (bicyclic) bond motifs is 1. The van der Waals surface area contributed by atoms with Crippen LogP contribution in [0.25, 0.3) is 0 Å². The molecule has 0 aromatic heterocycles. The molecule has 1 N–H and O–H groups in total. The summed E-state index contributed by atoms with van der Waals surface area (Å²) in [5.41, 5.74) is 0.816. The number of aliphatic carboxylic acids is 1. The SMILES string of the molecule is CC(C(=O)O)C1Cc2ccc([N+](=O)[O-])cc2C1=O. The van der Waals surface area contributed by atoms with Crippen molar-refractivity contribution in [2.24, 2.45) is 11.8 Å². The highest BCUT2D eigenvalue weighted by Gasteiger charge is 2.38. The molecule has 94 valence electrons. The van der Waals surface area contributed by atoms with Crippen LogP contribution >= 0.6 is 0 Å². The van der Waals surface area contributed by atoms with Gasteiger partial charge in [-0.3, -0.25) is 19.7 Å². The molecule has 2 rings (SSSR count). The maximum absolute atomic E-state index is 12.0. The molecular weight excluding hydrogens is 238 g/mol. The second-order valence-corrected chi connectivity index (χ2v) is 4.40. The van der Waals surface area contributed by atoms with Gasteiger partial charge in [-0.15, -0.1) is 0 Å². The Hall–Kier alpha value is -2.24. The van der Waals surface area contributed by atoms with Gasteiger partial charge in [0.1, 0.15) is 0 Å². The molecule has 18 heavy (non-hydrogen) atoms. The molecule has 0 saturated carbocycles. The Morgan fingerprint density at radius 2 is 2.22 bits per heavy atom. The third-order valence-corrected chi connectivity index (χ3v) is 3.34. The highest BCUT2D eigenvalue weighted by molar-refractivity contribution is 6.04. The number of nitro groups is 1.